The Morgan fingerprint density at radius 3 is 2.13 bits per heavy atom. The second kappa shape index (κ2) is 7.67. The maximum atomic E-state index is 12.7. The zero-order chi connectivity index (χ0) is 17.0. The highest BCUT2D eigenvalue weighted by Crippen LogP contribution is 2.39. The first-order valence-electron chi connectivity index (χ1n) is 9.37. The smallest absolute Gasteiger partial charge is 0.224 e. The van der Waals surface area contributed by atoms with Crippen LogP contribution in [0.25, 0.3) is 0 Å². The van der Waals surface area contributed by atoms with E-state index in [1.807, 2.05) is 20.8 Å². The average molecular weight is 322 g/mol. The van der Waals surface area contributed by atoms with Gasteiger partial charge in [-0.05, 0) is 51.9 Å². The van der Waals surface area contributed by atoms with E-state index in [2.05, 4.69) is 5.32 Å². The second-order valence-electron chi connectivity index (χ2n) is 8.76. The van der Waals surface area contributed by atoms with Gasteiger partial charge in [-0.3, -0.25) is 9.59 Å². The molecule has 2 rings (SSSR count). The van der Waals surface area contributed by atoms with Gasteiger partial charge < -0.3 is 11.1 Å². The Kier molecular flexibility index (Phi) is 6.10. The fourth-order valence-corrected chi connectivity index (χ4v) is 3.89. The third kappa shape index (κ3) is 6.15. The molecule has 2 aliphatic carbocycles. The first-order chi connectivity index (χ1) is 10.8. The van der Waals surface area contributed by atoms with Crippen LogP contribution in [0.3, 0.4) is 0 Å². The van der Waals surface area contributed by atoms with Crippen LogP contribution in [0.15, 0.2) is 0 Å². The Morgan fingerprint density at radius 2 is 1.65 bits per heavy atom. The summed E-state index contributed by atoms with van der Waals surface area (Å²) in [4.78, 5) is 24.8. The Morgan fingerprint density at radius 1 is 1.04 bits per heavy atom. The average Bonchev–Trinajstić information content (AvgIpc) is 3.08. The minimum atomic E-state index is -0.307. The van der Waals surface area contributed by atoms with Gasteiger partial charge in [-0.1, -0.05) is 38.5 Å². The number of rotatable bonds is 8. The van der Waals surface area contributed by atoms with Crippen LogP contribution < -0.4 is 11.1 Å². The van der Waals surface area contributed by atoms with Crippen LogP contribution in [-0.4, -0.2) is 17.4 Å². The van der Waals surface area contributed by atoms with Crippen LogP contribution in [0, 0.1) is 23.7 Å². The van der Waals surface area contributed by atoms with Crippen molar-refractivity contribution in [3.05, 3.63) is 0 Å². The fraction of sp³-hybridized carbons (Fsp3) is 0.895. The van der Waals surface area contributed by atoms with Gasteiger partial charge in [-0.2, -0.15) is 0 Å². The molecule has 4 nitrogen and oxygen atoms in total. The van der Waals surface area contributed by atoms with E-state index in [9.17, 15) is 9.59 Å². The number of nitrogens with one attached hydrogen (secondary N) is 1. The van der Waals surface area contributed by atoms with Crippen molar-refractivity contribution in [1.82, 2.24) is 5.32 Å². The zero-order valence-corrected chi connectivity index (χ0v) is 15.1. The number of hydrogen-bond acceptors (Lipinski definition) is 2. The van der Waals surface area contributed by atoms with Crippen molar-refractivity contribution in [3.63, 3.8) is 0 Å². The normalized spacial score (nSPS) is 21.9. The Hall–Kier alpha value is -1.06. The van der Waals surface area contributed by atoms with Gasteiger partial charge in [0.25, 0.3) is 0 Å². The molecule has 0 radical (unpaired) electrons. The first kappa shape index (κ1) is 18.3. The maximum Gasteiger partial charge on any atom is 0.224 e. The van der Waals surface area contributed by atoms with E-state index >= 15 is 0 Å². The third-order valence-corrected chi connectivity index (χ3v) is 5.33. The quantitative estimate of drug-likeness (QED) is 0.719. The summed E-state index contributed by atoms with van der Waals surface area (Å²) in [6.07, 6.45) is 10.2. The lowest BCUT2D eigenvalue weighted by Gasteiger charge is -2.29. The van der Waals surface area contributed by atoms with E-state index in [4.69, 9.17) is 5.73 Å². The highest BCUT2D eigenvalue weighted by molar-refractivity contribution is 5.87. The lowest BCUT2D eigenvalue weighted by Crippen LogP contribution is -2.47. The molecule has 2 saturated carbocycles. The van der Waals surface area contributed by atoms with Gasteiger partial charge in [0.15, 0.2) is 0 Å². The van der Waals surface area contributed by atoms with Crippen molar-refractivity contribution < 1.29 is 9.59 Å². The molecule has 0 aliphatic heterocycles. The minimum Gasteiger partial charge on any atom is -0.369 e. The number of hydrogen-bond donors (Lipinski definition) is 2. The molecular weight excluding hydrogens is 288 g/mol. The van der Waals surface area contributed by atoms with E-state index in [-0.39, 0.29) is 29.2 Å². The molecule has 0 bridgehead atoms. The lowest BCUT2D eigenvalue weighted by atomic mass is 9.81. The molecule has 1 unspecified atom stereocenters. The number of nitrogens with two attached hydrogens (primary N) is 1. The van der Waals surface area contributed by atoms with E-state index in [1.54, 1.807) is 0 Å². The van der Waals surface area contributed by atoms with E-state index in [1.165, 1.54) is 38.5 Å². The summed E-state index contributed by atoms with van der Waals surface area (Å²) >= 11 is 0. The van der Waals surface area contributed by atoms with Crippen molar-refractivity contribution in [2.75, 3.05) is 0 Å². The Bertz CT molecular complexity index is 418. The van der Waals surface area contributed by atoms with E-state index in [0.29, 0.717) is 5.92 Å². The van der Waals surface area contributed by atoms with Gasteiger partial charge in [0.1, 0.15) is 0 Å². The number of carbonyl (C=O) groups excluding carboxylic acids is 2. The molecule has 0 saturated heterocycles. The molecule has 2 aliphatic rings. The molecule has 4 heteroatoms. The summed E-state index contributed by atoms with van der Waals surface area (Å²) in [6.45, 7) is 5.95. The molecule has 2 atom stereocenters. The van der Waals surface area contributed by atoms with Gasteiger partial charge in [0.05, 0.1) is 0 Å². The SMILES string of the molecule is CC(C)(C)NC(=O)C(CC1CC1)[C@H](CCC1CCCC1)C(N)=O. The van der Waals surface area contributed by atoms with Crippen LogP contribution in [0.5, 0.6) is 0 Å². The van der Waals surface area contributed by atoms with Crippen LogP contribution >= 0.6 is 0 Å². The molecule has 0 aromatic heterocycles. The first-order valence-corrected chi connectivity index (χ1v) is 9.37. The zero-order valence-electron chi connectivity index (χ0n) is 15.1. The van der Waals surface area contributed by atoms with Crippen molar-refractivity contribution >= 4 is 11.8 Å². The Labute approximate surface area is 141 Å². The molecule has 23 heavy (non-hydrogen) atoms. The Balaban J connectivity index is 2.01. The lowest BCUT2D eigenvalue weighted by molar-refractivity contribution is -0.135. The standard InChI is InChI=1S/C19H34N2O2/c1-19(2,3)21-18(23)16(12-14-8-9-14)15(17(20)22)11-10-13-6-4-5-7-13/h13-16H,4-12H2,1-3H3,(H2,20,22)(H,21,23)/t15-,16?/m0/s1. The summed E-state index contributed by atoms with van der Waals surface area (Å²) in [5.41, 5.74) is 5.43. The van der Waals surface area contributed by atoms with Gasteiger partial charge >= 0.3 is 0 Å². The monoisotopic (exact) mass is 322 g/mol. The van der Waals surface area contributed by atoms with Crippen molar-refractivity contribution in [2.45, 2.75) is 84.1 Å². The predicted molar refractivity (Wildman–Crippen MR) is 92.6 cm³/mol. The molecule has 2 fully saturated rings. The summed E-state index contributed by atoms with van der Waals surface area (Å²) in [5.74, 6) is 0.500. The van der Waals surface area contributed by atoms with Crippen molar-refractivity contribution in [3.8, 4) is 0 Å². The number of carbonyl (C=O) groups is 2. The van der Waals surface area contributed by atoms with Gasteiger partial charge in [-0.15, -0.1) is 0 Å². The van der Waals surface area contributed by atoms with Crippen molar-refractivity contribution in [2.24, 2.45) is 29.4 Å². The van der Waals surface area contributed by atoms with Crippen molar-refractivity contribution in [1.29, 1.82) is 0 Å². The third-order valence-electron chi connectivity index (χ3n) is 5.33. The van der Waals surface area contributed by atoms with Crippen LogP contribution in [-0.2, 0) is 9.59 Å². The van der Waals surface area contributed by atoms with E-state index in [0.717, 1.165) is 25.2 Å². The number of primary amides is 1. The maximum absolute atomic E-state index is 12.7. The van der Waals surface area contributed by atoms with Gasteiger partial charge in [0.2, 0.25) is 11.8 Å². The molecule has 0 spiro atoms. The molecule has 2 amide bonds. The topological polar surface area (TPSA) is 72.2 Å². The van der Waals surface area contributed by atoms with Crippen LogP contribution in [0.4, 0.5) is 0 Å². The molecule has 132 valence electrons. The molecule has 0 heterocycles. The second-order valence-corrected chi connectivity index (χ2v) is 8.76. The predicted octanol–water partition coefficient (Wildman–Crippen LogP) is 3.39. The van der Waals surface area contributed by atoms with Crippen LogP contribution in [0.1, 0.15) is 78.6 Å². The summed E-state index contributed by atoms with van der Waals surface area (Å²) in [5, 5.41) is 3.07. The molecular formula is C19H34N2O2. The van der Waals surface area contributed by atoms with E-state index < -0.39 is 0 Å². The summed E-state index contributed by atoms with van der Waals surface area (Å²) < 4.78 is 0. The number of amides is 2. The fourth-order valence-electron chi connectivity index (χ4n) is 3.89. The minimum absolute atomic E-state index is 0.0135. The van der Waals surface area contributed by atoms with Gasteiger partial charge in [0, 0.05) is 17.4 Å². The summed E-state index contributed by atoms with van der Waals surface area (Å²) in [6, 6.07) is 0. The highest BCUT2D eigenvalue weighted by Gasteiger charge is 2.38. The molecule has 3 N–H and O–H groups in total. The molecule has 0 aromatic carbocycles. The van der Waals surface area contributed by atoms with Crippen LogP contribution in [0.2, 0.25) is 0 Å². The largest absolute Gasteiger partial charge is 0.369 e. The summed E-state index contributed by atoms with van der Waals surface area (Å²) in [7, 11) is 0. The highest BCUT2D eigenvalue weighted by atomic mass is 16.2. The van der Waals surface area contributed by atoms with Gasteiger partial charge in [-0.25, -0.2) is 0 Å². The molecule has 0 aromatic rings.